The summed E-state index contributed by atoms with van der Waals surface area (Å²) in [4.78, 5) is 21.1. The maximum Gasteiger partial charge on any atom is 0.316 e. The first kappa shape index (κ1) is 9.63. The van der Waals surface area contributed by atoms with E-state index in [4.69, 9.17) is 5.11 Å². The molecule has 2 rings (SSSR count). The van der Waals surface area contributed by atoms with Gasteiger partial charge in [0, 0.05) is 7.05 Å². The van der Waals surface area contributed by atoms with Crippen molar-refractivity contribution in [2.75, 3.05) is 0 Å². The molecule has 0 spiro atoms. The Bertz CT molecular complexity index is 447. The van der Waals surface area contributed by atoms with Gasteiger partial charge in [0.1, 0.15) is 17.3 Å². The van der Waals surface area contributed by atoms with Crippen molar-refractivity contribution in [1.29, 1.82) is 0 Å². The predicted molar refractivity (Wildman–Crippen MR) is 48.4 cm³/mol. The van der Waals surface area contributed by atoms with E-state index in [1.807, 2.05) is 0 Å². The molecule has 1 aromatic rings. The van der Waals surface area contributed by atoms with Crippen molar-refractivity contribution in [3.8, 4) is 0 Å². The van der Waals surface area contributed by atoms with E-state index in [9.17, 15) is 14.9 Å². The van der Waals surface area contributed by atoms with Gasteiger partial charge in [-0.1, -0.05) is 0 Å². The minimum Gasteiger partial charge on any atom is -0.481 e. The van der Waals surface area contributed by atoms with Gasteiger partial charge in [0.05, 0.1) is 4.92 Å². The molecule has 1 N–H and O–H groups in total. The molecule has 15 heavy (non-hydrogen) atoms. The summed E-state index contributed by atoms with van der Waals surface area (Å²) in [6, 6.07) is 0. The first-order chi connectivity index (χ1) is 6.99. The highest BCUT2D eigenvalue weighted by molar-refractivity contribution is 5.85. The lowest BCUT2D eigenvalue weighted by Crippen LogP contribution is -2.23. The standard InChI is InChI=1S/C8H9N3O4/c1-10-6(5(4-9-10)11(14)15)8(2-3-8)7(12)13/h4H,2-3H2,1H3,(H,12,13). The van der Waals surface area contributed by atoms with Crippen LogP contribution in [0.3, 0.4) is 0 Å². The summed E-state index contributed by atoms with van der Waals surface area (Å²) in [5, 5.41) is 23.5. The Morgan fingerprint density at radius 1 is 1.73 bits per heavy atom. The minimum absolute atomic E-state index is 0.194. The van der Waals surface area contributed by atoms with Gasteiger partial charge in [0.2, 0.25) is 0 Å². The number of hydrogen-bond acceptors (Lipinski definition) is 4. The molecule has 0 amide bonds. The maximum absolute atomic E-state index is 11.0. The van der Waals surface area contributed by atoms with Crippen LogP contribution in [-0.2, 0) is 17.3 Å². The number of aliphatic carboxylic acids is 1. The molecule has 7 nitrogen and oxygen atoms in total. The number of carboxylic acid groups (broad SMARTS) is 1. The van der Waals surface area contributed by atoms with Crippen LogP contribution in [0.1, 0.15) is 18.5 Å². The molecule has 0 saturated heterocycles. The molecule has 1 aliphatic rings. The third kappa shape index (κ3) is 1.19. The van der Waals surface area contributed by atoms with E-state index in [0.717, 1.165) is 6.20 Å². The van der Waals surface area contributed by atoms with Gasteiger partial charge in [-0.25, -0.2) is 0 Å². The molecule has 80 valence electrons. The number of carbonyl (C=O) groups is 1. The fraction of sp³-hybridized carbons (Fsp3) is 0.500. The van der Waals surface area contributed by atoms with Gasteiger partial charge < -0.3 is 5.11 Å². The Hall–Kier alpha value is -1.92. The number of hydrogen-bond donors (Lipinski definition) is 1. The normalized spacial score (nSPS) is 17.4. The van der Waals surface area contributed by atoms with Gasteiger partial charge in [-0.05, 0) is 12.8 Å². The third-order valence-electron chi connectivity index (χ3n) is 2.73. The second-order valence-electron chi connectivity index (χ2n) is 3.65. The first-order valence-electron chi connectivity index (χ1n) is 4.39. The molecule has 0 aliphatic heterocycles. The predicted octanol–water partition coefficient (Wildman–Crippen LogP) is 0.444. The third-order valence-corrected chi connectivity index (χ3v) is 2.73. The highest BCUT2D eigenvalue weighted by Crippen LogP contribution is 2.51. The largest absolute Gasteiger partial charge is 0.481 e. The Kier molecular flexibility index (Phi) is 1.79. The average Bonchev–Trinajstić information content (AvgIpc) is 2.85. The molecule has 0 aromatic carbocycles. The van der Waals surface area contributed by atoms with Crippen LogP contribution in [0.2, 0.25) is 0 Å². The Balaban J connectivity index is 2.57. The molecule has 1 heterocycles. The molecule has 1 aliphatic carbocycles. The zero-order valence-corrected chi connectivity index (χ0v) is 8.01. The first-order valence-corrected chi connectivity index (χ1v) is 4.39. The Morgan fingerprint density at radius 3 is 2.73 bits per heavy atom. The van der Waals surface area contributed by atoms with Gasteiger partial charge in [-0.3, -0.25) is 19.6 Å². The van der Waals surface area contributed by atoms with Crippen LogP contribution in [0.4, 0.5) is 5.69 Å². The fourth-order valence-corrected chi connectivity index (χ4v) is 1.79. The molecule has 0 unspecified atom stereocenters. The van der Waals surface area contributed by atoms with Gasteiger partial charge in [0.15, 0.2) is 0 Å². The second kappa shape index (κ2) is 2.78. The number of nitrogens with zero attached hydrogens (tertiary/aromatic N) is 3. The molecular formula is C8H9N3O4. The van der Waals surface area contributed by atoms with Crippen molar-refractivity contribution in [1.82, 2.24) is 9.78 Å². The lowest BCUT2D eigenvalue weighted by Gasteiger charge is -2.08. The molecule has 1 aromatic heterocycles. The molecular weight excluding hydrogens is 202 g/mol. The van der Waals surface area contributed by atoms with Crippen molar-refractivity contribution >= 4 is 11.7 Å². The van der Waals surface area contributed by atoms with Crippen LogP contribution in [0.25, 0.3) is 0 Å². The zero-order valence-electron chi connectivity index (χ0n) is 8.01. The number of aromatic nitrogens is 2. The summed E-state index contributed by atoms with van der Waals surface area (Å²) in [6.45, 7) is 0. The smallest absolute Gasteiger partial charge is 0.316 e. The van der Waals surface area contributed by atoms with Crippen LogP contribution in [0.5, 0.6) is 0 Å². The summed E-state index contributed by atoms with van der Waals surface area (Å²) in [6.07, 6.45) is 1.96. The lowest BCUT2D eigenvalue weighted by molar-refractivity contribution is -0.385. The van der Waals surface area contributed by atoms with Crippen LogP contribution in [0, 0.1) is 10.1 Å². The van der Waals surface area contributed by atoms with Gasteiger partial charge in [-0.15, -0.1) is 0 Å². The van der Waals surface area contributed by atoms with Gasteiger partial charge >= 0.3 is 11.7 Å². The zero-order chi connectivity index (χ0) is 11.2. The van der Waals surface area contributed by atoms with Crippen molar-refractivity contribution in [2.45, 2.75) is 18.3 Å². The lowest BCUT2D eigenvalue weighted by atomic mass is 10.0. The number of carboxylic acids is 1. The van der Waals surface area contributed by atoms with E-state index in [1.54, 1.807) is 0 Å². The fourth-order valence-electron chi connectivity index (χ4n) is 1.79. The number of rotatable bonds is 3. The Morgan fingerprint density at radius 2 is 2.33 bits per heavy atom. The van der Waals surface area contributed by atoms with Crippen LogP contribution in [-0.4, -0.2) is 25.8 Å². The van der Waals surface area contributed by atoms with Crippen molar-refractivity contribution < 1.29 is 14.8 Å². The van der Waals surface area contributed by atoms with Crippen molar-refractivity contribution in [3.63, 3.8) is 0 Å². The van der Waals surface area contributed by atoms with E-state index in [1.165, 1.54) is 11.7 Å². The van der Waals surface area contributed by atoms with Crippen molar-refractivity contribution in [2.24, 2.45) is 7.05 Å². The van der Waals surface area contributed by atoms with Crippen LogP contribution < -0.4 is 0 Å². The highest BCUT2D eigenvalue weighted by atomic mass is 16.6. The summed E-state index contributed by atoms with van der Waals surface area (Å²) in [5.74, 6) is -1.02. The van der Waals surface area contributed by atoms with E-state index >= 15 is 0 Å². The van der Waals surface area contributed by atoms with Gasteiger partial charge in [0.25, 0.3) is 0 Å². The topological polar surface area (TPSA) is 98.3 Å². The molecule has 0 atom stereocenters. The molecule has 1 fully saturated rings. The van der Waals surface area contributed by atoms with E-state index < -0.39 is 16.3 Å². The molecule has 0 bridgehead atoms. The second-order valence-corrected chi connectivity index (χ2v) is 3.65. The highest BCUT2D eigenvalue weighted by Gasteiger charge is 2.57. The van der Waals surface area contributed by atoms with Crippen molar-refractivity contribution in [3.05, 3.63) is 22.0 Å². The summed E-state index contributed by atoms with van der Waals surface area (Å²) in [5.41, 5.74) is -1.11. The quantitative estimate of drug-likeness (QED) is 0.577. The Labute approximate surface area is 84.5 Å². The minimum atomic E-state index is -1.09. The van der Waals surface area contributed by atoms with Crippen LogP contribution >= 0.6 is 0 Å². The van der Waals surface area contributed by atoms with Gasteiger partial charge in [-0.2, -0.15) is 5.10 Å². The van der Waals surface area contributed by atoms with E-state index in [-0.39, 0.29) is 11.4 Å². The molecule has 0 radical (unpaired) electrons. The monoisotopic (exact) mass is 211 g/mol. The summed E-state index contributed by atoms with van der Waals surface area (Å²) in [7, 11) is 1.52. The molecule has 7 heteroatoms. The summed E-state index contributed by atoms with van der Waals surface area (Å²) >= 11 is 0. The van der Waals surface area contributed by atoms with E-state index in [2.05, 4.69) is 5.10 Å². The van der Waals surface area contributed by atoms with E-state index in [0.29, 0.717) is 12.8 Å². The SMILES string of the molecule is Cn1ncc([N+](=O)[O-])c1C1(C(=O)O)CC1. The van der Waals surface area contributed by atoms with Crippen LogP contribution in [0.15, 0.2) is 6.20 Å². The molecule has 1 saturated carbocycles. The average molecular weight is 211 g/mol. The maximum atomic E-state index is 11.0. The summed E-state index contributed by atoms with van der Waals surface area (Å²) < 4.78 is 1.28. The number of nitro groups is 1. The number of aryl methyl sites for hydroxylation is 1.